The van der Waals surface area contributed by atoms with Gasteiger partial charge in [-0.05, 0) is 17.7 Å². The topological polar surface area (TPSA) is 77.3 Å². The van der Waals surface area contributed by atoms with Gasteiger partial charge in [-0.25, -0.2) is 13.4 Å². The van der Waals surface area contributed by atoms with Gasteiger partial charge in [0.15, 0.2) is 5.03 Å². The van der Waals surface area contributed by atoms with Crippen LogP contribution in [0.2, 0.25) is 0 Å². The number of nitrogens with zero attached hydrogens (tertiary/aromatic N) is 4. The van der Waals surface area contributed by atoms with Gasteiger partial charge in [0.1, 0.15) is 0 Å². The number of aryl methyl sites for hydroxylation is 1. The molecule has 2 aromatic rings. The molecule has 1 aliphatic heterocycles. The third-order valence-corrected chi connectivity index (χ3v) is 5.14. The quantitative estimate of drug-likeness (QED) is 0.829. The van der Waals surface area contributed by atoms with E-state index in [1.807, 2.05) is 12.1 Å². The molecular formula is C13H16N4O3S. The summed E-state index contributed by atoms with van der Waals surface area (Å²) in [6.07, 6.45) is 6.05. The molecule has 7 nitrogen and oxygen atoms in total. The maximum atomic E-state index is 12.6. The number of aromatic nitrogens is 3. The second-order valence-electron chi connectivity index (χ2n) is 4.88. The Labute approximate surface area is 123 Å². The Bertz CT molecular complexity index is 714. The van der Waals surface area contributed by atoms with Crippen molar-refractivity contribution in [2.75, 3.05) is 19.7 Å². The molecule has 3 heterocycles. The zero-order valence-corrected chi connectivity index (χ0v) is 12.4. The van der Waals surface area contributed by atoms with Crippen molar-refractivity contribution in [1.29, 1.82) is 0 Å². The smallest absolute Gasteiger partial charge is 0.262 e. The first-order valence-electron chi connectivity index (χ1n) is 6.57. The lowest BCUT2D eigenvalue weighted by atomic mass is 10.1. The fourth-order valence-corrected chi connectivity index (χ4v) is 3.67. The van der Waals surface area contributed by atoms with Gasteiger partial charge in [-0.1, -0.05) is 0 Å². The number of hydrogen-bond donors (Lipinski definition) is 0. The van der Waals surface area contributed by atoms with Crippen LogP contribution in [0.1, 0.15) is 11.7 Å². The number of ether oxygens (including phenoxy) is 1. The average Bonchev–Trinajstić information content (AvgIpc) is 2.96. The Morgan fingerprint density at radius 1 is 1.33 bits per heavy atom. The molecule has 0 aromatic carbocycles. The lowest BCUT2D eigenvalue weighted by molar-refractivity contribution is -0.00266. The largest absolute Gasteiger partial charge is 0.371 e. The summed E-state index contributed by atoms with van der Waals surface area (Å²) in [6, 6.07) is 3.67. The second kappa shape index (κ2) is 5.55. The summed E-state index contributed by atoms with van der Waals surface area (Å²) in [6.45, 7) is 0.975. The lowest BCUT2D eigenvalue weighted by Crippen LogP contribution is -2.42. The molecule has 0 spiro atoms. The number of imidazole rings is 1. The summed E-state index contributed by atoms with van der Waals surface area (Å²) >= 11 is 0. The first kappa shape index (κ1) is 14.2. The third-order valence-electron chi connectivity index (χ3n) is 3.39. The molecule has 0 aliphatic carbocycles. The Morgan fingerprint density at radius 3 is 2.76 bits per heavy atom. The summed E-state index contributed by atoms with van der Waals surface area (Å²) in [7, 11) is -1.84. The molecule has 0 bridgehead atoms. The van der Waals surface area contributed by atoms with Gasteiger partial charge in [0, 0.05) is 38.7 Å². The molecule has 0 N–H and O–H groups in total. The van der Waals surface area contributed by atoms with Crippen LogP contribution >= 0.6 is 0 Å². The van der Waals surface area contributed by atoms with Crippen LogP contribution in [0.25, 0.3) is 0 Å². The molecular weight excluding hydrogens is 292 g/mol. The summed E-state index contributed by atoms with van der Waals surface area (Å²) in [4.78, 5) is 7.90. The van der Waals surface area contributed by atoms with E-state index in [1.165, 1.54) is 16.8 Å². The van der Waals surface area contributed by atoms with Crippen LogP contribution in [0.15, 0.2) is 42.1 Å². The van der Waals surface area contributed by atoms with Crippen LogP contribution in [0, 0.1) is 0 Å². The van der Waals surface area contributed by atoms with Gasteiger partial charge in [0.2, 0.25) is 0 Å². The average molecular weight is 308 g/mol. The van der Waals surface area contributed by atoms with Crippen LogP contribution in [0.5, 0.6) is 0 Å². The number of morpholine rings is 1. The fraction of sp³-hybridized carbons (Fsp3) is 0.385. The first-order chi connectivity index (χ1) is 10.1. The van der Waals surface area contributed by atoms with Crippen molar-refractivity contribution < 1.29 is 13.2 Å². The van der Waals surface area contributed by atoms with E-state index < -0.39 is 10.0 Å². The van der Waals surface area contributed by atoms with Crippen molar-refractivity contribution in [3.05, 3.63) is 42.6 Å². The summed E-state index contributed by atoms with van der Waals surface area (Å²) in [5.41, 5.74) is 0.922. The number of hydrogen-bond acceptors (Lipinski definition) is 5. The minimum atomic E-state index is -3.58. The number of rotatable bonds is 3. The zero-order valence-electron chi connectivity index (χ0n) is 11.6. The molecule has 0 amide bonds. The van der Waals surface area contributed by atoms with Gasteiger partial charge in [0.25, 0.3) is 10.0 Å². The summed E-state index contributed by atoms with van der Waals surface area (Å²) < 4.78 is 33.8. The van der Waals surface area contributed by atoms with E-state index in [2.05, 4.69) is 9.97 Å². The van der Waals surface area contributed by atoms with Crippen molar-refractivity contribution in [2.24, 2.45) is 7.05 Å². The van der Waals surface area contributed by atoms with Gasteiger partial charge in [-0.2, -0.15) is 4.31 Å². The maximum Gasteiger partial charge on any atom is 0.262 e. The molecule has 0 unspecified atom stereocenters. The minimum absolute atomic E-state index is 0.0698. The number of sulfonamides is 1. The minimum Gasteiger partial charge on any atom is -0.371 e. The highest BCUT2D eigenvalue weighted by Crippen LogP contribution is 2.25. The zero-order chi connectivity index (χ0) is 14.9. The van der Waals surface area contributed by atoms with Gasteiger partial charge in [-0.3, -0.25) is 4.98 Å². The van der Waals surface area contributed by atoms with E-state index in [0.717, 1.165) is 5.56 Å². The van der Waals surface area contributed by atoms with Crippen LogP contribution in [0.3, 0.4) is 0 Å². The van der Waals surface area contributed by atoms with Crippen molar-refractivity contribution in [3.8, 4) is 0 Å². The van der Waals surface area contributed by atoms with Crippen LogP contribution in [0.4, 0.5) is 0 Å². The van der Waals surface area contributed by atoms with E-state index >= 15 is 0 Å². The van der Waals surface area contributed by atoms with Gasteiger partial charge in [-0.15, -0.1) is 0 Å². The van der Waals surface area contributed by atoms with Crippen LogP contribution in [-0.4, -0.2) is 47.0 Å². The molecule has 2 aromatic heterocycles. The van der Waals surface area contributed by atoms with Crippen LogP contribution < -0.4 is 0 Å². The summed E-state index contributed by atoms with van der Waals surface area (Å²) in [5.74, 6) is 0. The van der Waals surface area contributed by atoms with Crippen molar-refractivity contribution in [3.63, 3.8) is 0 Å². The monoisotopic (exact) mass is 308 g/mol. The van der Waals surface area contributed by atoms with Gasteiger partial charge >= 0.3 is 0 Å². The normalized spacial score (nSPS) is 20.5. The molecule has 1 atom stereocenters. The summed E-state index contributed by atoms with van der Waals surface area (Å²) in [5, 5.41) is 0.0698. The lowest BCUT2D eigenvalue weighted by Gasteiger charge is -2.31. The van der Waals surface area contributed by atoms with Crippen molar-refractivity contribution in [1.82, 2.24) is 18.8 Å². The van der Waals surface area contributed by atoms with E-state index in [0.29, 0.717) is 13.2 Å². The second-order valence-corrected chi connectivity index (χ2v) is 6.77. The van der Waals surface area contributed by atoms with Gasteiger partial charge in [0.05, 0.1) is 19.0 Å². The Kier molecular flexibility index (Phi) is 3.75. The molecule has 112 valence electrons. The molecule has 0 saturated carbocycles. The van der Waals surface area contributed by atoms with E-state index in [1.54, 1.807) is 24.0 Å². The molecule has 3 rings (SSSR count). The molecule has 1 aliphatic rings. The predicted molar refractivity (Wildman–Crippen MR) is 74.9 cm³/mol. The van der Waals surface area contributed by atoms with Crippen molar-refractivity contribution >= 4 is 10.0 Å². The SMILES string of the molecule is Cn1cnc(S(=O)(=O)N2CCO[C@H](c3ccncc3)C2)c1. The van der Waals surface area contributed by atoms with Crippen molar-refractivity contribution in [2.45, 2.75) is 11.1 Å². The third kappa shape index (κ3) is 2.82. The molecule has 0 radical (unpaired) electrons. The Hall–Kier alpha value is -1.77. The maximum absolute atomic E-state index is 12.6. The predicted octanol–water partition coefficient (Wildman–Crippen LogP) is 0.577. The Balaban J connectivity index is 1.83. The number of pyridine rings is 1. The van der Waals surface area contributed by atoms with E-state index in [-0.39, 0.29) is 17.7 Å². The molecule has 1 saturated heterocycles. The molecule has 21 heavy (non-hydrogen) atoms. The highest BCUT2D eigenvalue weighted by Gasteiger charge is 2.32. The fourth-order valence-electron chi connectivity index (χ4n) is 2.28. The van der Waals surface area contributed by atoms with Crippen LogP contribution in [-0.2, 0) is 21.8 Å². The molecule has 8 heteroatoms. The standard InChI is InChI=1S/C13H16N4O3S/c1-16-9-13(15-10-16)21(18,19)17-6-7-20-12(8-17)11-2-4-14-5-3-11/h2-5,9-10,12H,6-8H2,1H3/t12-/m0/s1. The Morgan fingerprint density at radius 2 is 2.10 bits per heavy atom. The van der Waals surface area contributed by atoms with E-state index in [4.69, 9.17) is 4.74 Å². The molecule has 1 fully saturated rings. The van der Waals surface area contributed by atoms with E-state index in [9.17, 15) is 8.42 Å². The highest BCUT2D eigenvalue weighted by molar-refractivity contribution is 7.89. The first-order valence-corrected chi connectivity index (χ1v) is 8.01. The highest BCUT2D eigenvalue weighted by atomic mass is 32.2. The van der Waals surface area contributed by atoms with Gasteiger partial charge < -0.3 is 9.30 Å².